The molecule has 0 N–H and O–H groups in total. The van der Waals surface area contributed by atoms with Crippen LogP contribution in [-0.4, -0.2) is 62.7 Å². The average molecular weight is 291 g/mol. The van der Waals surface area contributed by atoms with Gasteiger partial charge in [-0.3, -0.25) is 4.90 Å². The molecule has 0 aromatic heterocycles. The van der Waals surface area contributed by atoms with Crippen LogP contribution in [0.5, 0.6) is 5.75 Å². The van der Waals surface area contributed by atoms with Gasteiger partial charge in [0.05, 0.1) is 32.0 Å². The SMILES string of the molecule is c1cc(OCC2CO2)ccc1CN(CC1CO1)CC1CO1. The third-order valence-corrected chi connectivity index (χ3v) is 3.90. The van der Waals surface area contributed by atoms with Crippen molar-refractivity contribution in [2.24, 2.45) is 0 Å². The van der Waals surface area contributed by atoms with Gasteiger partial charge in [0.1, 0.15) is 18.5 Å². The number of hydrogen-bond acceptors (Lipinski definition) is 5. The Morgan fingerprint density at radius 1 is 0.905 bits per heavy atom. The van der Waals surface area contributed by atoms with E-state index in [1.165, 1.54) is 5.56 Å². The molecule has 0 aliphatic carbocycles. The Morgan fingerprint density at radius 3 is 2.00 bits per heavy atom. The van der Waals surface area contributed by atoms with Gasteiger partial charge in [0.2, 0.25) is 0 Å². The van der Waals surface area contributed by atoms with Crippen molar-refractivity contribution in [2.75, 3.05) is 39.5 Å². The molecule has 3 heterocycles. The predicted molar refractivity (Wildman–Crippen MR) is 76.4 cm³/mol. The van der Waals surface area contributed by atoms with Crippen molar-refractivity contribution < 1.29 is 18.9 Å². The normalized spacial score (nSPS) is 29.5. The molecule has 3 unspecified atom stereocenters. The molecule has 0 radical (unpaired) electrons. The summed E-state index contributed by atoms with van der Waals surface area (Å²) in [5.74, 6) is 0.914. The number of epoxide rings is 3. The summed E-state index contributed by atoms with van der Waals surface area (Å²) in [4.78, 5) is 2.42. The molecule has 4 rings (SSSR count). The van der Waals surface area contributed by atoms with Crippen molar-refractivity contribution in [1.82, 2.24) is 4.90 Å². The molecule has 114 valence electrons. The van der Waals surface area contributed by atoms with E-state index in [1.807, 2.05) is 12.1 Å². The smallest absolute Gasteiger partial charge is 0.119 e. The number of rotatable bonds is 9. The molecule has 1 aromatic carbocycles. The molecule has 0 spiro atoms. The van der Waals surface area contributed by atoms with Gasteiger partial charge in [0.15, 0.2) is 0 Å². The second kappa shape index (κ2) is 5.93. The minimum Gasteiger partial charge on any atom is -0.491 e. The molecule has 1 aromatic rings. The Bertz CT molecular complexity index is 452. The highest BCUT2D eigenvalue weighted by molar-refractivity contribution is 5.27. The summed E-state index contributed by atoms with van der Waals surface area (Å²) in [6.07, 6.45) is 1.15. The van der Waals surface area contributed by atoms with E-state index in [2.05, 4.69) is 17.0 Å². The summed E-state index contributed by atoms with van der Waals surface area (Å²) in [6, 6.07) is 8.35. The zero-order valence-corrected chi connectivity index (χ0v) is 12.1. The van der Waals surface area contributed by atoms with Gasteiger partial charge in [0, 0.05) is 19.6 Å². The second-order valence-corrected chi connectivity index (χ2v) is 6.02. The lowest BCUT2D eigenvalue weighted by Gasteiger charge is -2.20. The Hall–Kier alpha value is -1.14. The Morgan fingerprint density at radius 2 is 1.48 bits per heavy atom. The van der Waals surface area contributed by atoms with Crippen LogP contribution >= 0.6 is 0 Å². The van der Waals surface area contributed by atoms with E-state index in [1.54, 1.807) is 0 Å². The monoisotopic (exact) mass is 291 g/mol. The van der Waals surface area contributed by atoms with Gasteiger partial charge in [-0.25, -0.2) is 0 Å². The fourth-order valence-electron chi connectivity index (χ4n) is 2.43. The number of nitrogens with zero attached hydrogens (tertiary/aromatic N) is 1. The third kappa shape index (κ3) is 4.41. The lowest BCUT2D eigenvalue weighted by molar-refractivity contribution is 0.212. The molecule has 3 atom stereocenters. The van der Waals surface area contributed by atoms with E-state index in [0.29, 0.717) is 24.9 Å². The van der Waals surface area contributed by atoms with Gasteiger partial charge in [-0.1, -0.05) is 12.1 Å². The first-order chi connectivity index (χ1) is 10.3. The van der Waals surface area contributed by atoms with E-state index in [-0.39, 0.29) is 0 Å². The first kappa shape index (κ1) is 13.5. The van der Waals surface area contributed by atoms with Crippen molar-refractivity contribution in [1.29, 1.82) is 0 Å². The first-order valence-electron chi connectivity index (χ1n) is 7.64. The number of benzene rings is 1. The van der Waals surface area contributed by atoms with Crippen LogP contribution in [0.15, 0.2) is 24.3 Å². The molecular weight excluding hydrogens is 270 g/mol. The molecule has 0 bridgehead atoms. The highest BCUT2D eigenvalue weighted by atomic mass is 16.6. The minimum absolute atomic E-state index is 0.303. The van der Waals surface area contributed by atoms with Crippen LogP contribution in [-0.2, 0) is 20.8 Å². The minimum atomic E-state index is 0.303. The average Bonchev–Trinajstić information content (AvgIpc) is 3.34. The maximum absolute atomic E-state index is 5.66. The highest BCUT2D eigenvalue weighted by Crippen LogP contribution is 2.20. The Labute approximate surface area is 124 Å². The molecule has 3 saturated heterocycles. The fraction of sp³-hybridized carbons (Fsp3) is 0.625. The van der Waals surface area contributed by atoms with E-state index < -0.39 is 0 Å². The summed E-state index contributed by atoms with van der Waals surface area (Å²) in [5, 5.41) is 0. The molecule has 3 aliphatic rings. The van der Waals surface area contributed by atoms with Crippen molar-refractivity contribution >= 4 is 0 Å². The van der Waals surface area contributed by atoms with Crippen molar-refractivity contribution in [3.05, 3.63) is 29.8 Å². The zero-order chi connectivity index (χ0) is 14.1. The number of hydrogen-bond donors (Lipinski definition) is 0. The number of ether oxygens (including phenoxy) is 4. The molecule has 3 aliphatic heterocycles. The zero-order valence-electron chi connectivity index (χ0n) is 12.1. The lowest BCUT2D eigenvalue weighted by atomic mass is 10.2. The third-order valence-electron chi connectivity index (χ3n) is 3.90. The molecule has 0 saturated carbocycles. The van der Waals surface area contributed by atoms with Crippen LogP contribution in [0.3, 0.4) is 0 Å². The van der Waals surface area contributed by atoms with Crippen LogP contribution in [0, 0.1) is 0 Å². The summed E-state index contributed by atoms with van der Waals surface area (Å²) >= 11 is 0. The van der Waals surface area contributed by atoms with E-state index in [9.17, 15) is 0 Å². The summed E-state index contributed by atoms with van der Waals surface area (Å²) in [5.41, 5.74) is 1.30. The topological polar surface area (TPSA) is 50.1 Å². The van der Waals surface area contributed by atoms with Gasteiger partial charge in [0.25, 0.3) is 0 Å². The summed E-state index contributed by atoms with van der Waals surface area (Å²) in [7, 11) is 0. The fourth-order valence-corrected chi connectivity index (χ4v) is 2.43. The van der Waals surface area contributed by atoms with E-state index in [4.69, 9.17) is 18.9 Å². The van der Waals surface area contributed by atoms with Gasteiger partial charge in [-0.05, 0) is 17.7 Å². The van der Waals surface area contributed by atoms with Crippen LogP contribution < -0.4 is 4.74 Å². The maximum Gasteiger partial charge on any atom is 0.119 e. The standard InChI is InChI=1S/C16H21NO4/c1-3-13(18-10-16-11-21-16)4-2-12(1)5-17(6-14-8-19-14)7-15-9-20-15/h1-4,14-16H,5-11H2. The molecule has 5 nitrogen and oxygen atoms in total. The quantitative estimate of drug-likeness (QED) is 0.637. The van der Waals surface area contributed by atoms with Crippen molar-refractivity contribution in [2.45, 2.75) is 24.9 Å². The van der Waals surface area contributed by atoms with E-state index >= 15 is 0 Å². The van der Waals surface area contributed by atoms with Crippen molar-refractivity contribution in [3.63, 3.8) is 0 Å². The van der Waals surface area contributed by atoms with Gasteiger partial charge >= 0.3 is 0 Å². The summed E-state index contributed by atoms with van der Waals surface area (Å²) < 4.78 is 21.5. The Balaban J connectivity index is 1.30. The van der Waals surface area contributed by atoms with Crippen LogP contribution in [0.2, 0.25) is 0 Å². The van der Waals surface area contributed by atoms with Gasteiger partial charge < -0.3 is 18.9 Å². The molecule has 5 heteroatoms. The predicted octanol–water partition coefficient (Wildman–Crippen LogP) is 1.06. The van der Waals surface area contributed by atoms with Crippen LogP contribution in [0.25, 0.3) is 0 Å². The van der Waals surface area contributed by atoms with Crippen LogP contribution in [0.4, 0.5) is 0 Å². The van der Waals surface area contributed by atoms with Crippen molar-refractivity contribution in [3.8, 4) is 5.75 Å². The highest BCUT2D eigenvalue weighted by Gasteiger charge is 2.30. The first-order valence-corrected chi connectivity index (χ1v) is 7.64. The summed E-state index contributed by atoms with van der Waals surface area (Å²) in [6.45, 7) is 6.22. The van der Waals surface area contributed by atoms with Gasteiger partial charge in [-0.2, -0.15) is 0 Å². The molecule has 3 fully saturated rings. The maximum atomic E-state index is 5.66. The van der Waals surface area contributed by atoms with Gasteiger partial charge in [-0.15, -0.1) is 0 Å². The Kier molecular flexibility index (Phi) is 3.82. The molecular formula is C16H21NO4. The largest absolute Gasteiger partial charge is 0.491 e. The molecule has 21 heavy (non-hydrogen) atoms. The van der Waals surface area contributed by atoms with E-state index in [0.717, 1.165) is 45.2 Å². The second-order valence-electron chi connectivity index (χ2n) is 6.02. The molecule has 0 amide bonds. The van der Waals surface area contributed by atoms with Crippen LogP contribution in [0.1, 0.15) is 5.56 Å². The lowest BCUT2D eigenvalue weighted by Crippen LogP contribution is -2.31.